The molecule has 8 heteroatoms. The van der Waals surface area contributed by atoms with E-state index in [4.69, 9.17) is 4.42 Å². The number of benzene rings is 1. The number of carbonyl (C=O) groups is 1. The number of hydrogen-bond acceptors (Lipinski definition) is 6. The van der Waals surface area contributed by atoms with Crippen LogP contribution in [0.1, 0.15) is 38.7 Å². The van der Waals surface area contributed by atoms with Gasteiger partial charge in [-0.2, -0.15) is 4.98 Å². The standard InChI is InChI=1S/C16H22N2O5S/c1-4-24(21,22)8-7-12(15(19)20)17-16-18-13-9-11(10(2)3)5-6-14(13)23-16/h5-6,9-10,12H,4,7-8H2,1-3H3,(H,17,18)(H,19,20). The van der Waals surface area contributed by atoms with Gasteiger partial charge in [0.1, 0.15) is 21.4 Å². The molecule has 0 saturated carbocycles. The fraction of sp³-hybridized carbons (Fsp3) is 0.500. The van der Waals surface area contributed by atoms with Gasteiger partial charge in [0.15, 0.2) is 5.58 Å². The number of aliphatic carboxylic acids is 1. The van der Waals surface area contributed by atoms with Crippen LogP contribution < -0.4 is 5.32 Å². The van der Waals surface area contributed by atoms with Crippen molar-refractivity contribution in [3.63, 3.8) is 0 Å². The SMILES string of the molecule is CCS(=O)(=O)CCC(Nc1nc2cc(C(C)C)ccc2o1)C(=O)O. The van der Waals surface area contributed by atoms with E-state index >= 15 is 0 Å². The second-order valence-corrected chi connectivity index (χ2v) is 8.43. The lowest BCUT2D eigenvalue weighted by atomic mass is 10.0. The summed E-state index contributed by atoms with van der Waals surface area (Å²) in [6, 6.07) is 4.62. The zero-order chi connectivity index (χ0) is 17.9. The van der Waals surface area contributed by atoms with E-state index in [9.17, 15) is 18.3 Å². The third-order valence-electron chi connectivity index (χ3n) is 3.83. The lowest BCUT2D eigenvalue weighted by Crippen LogP contribution is -2.31. The summed E-state index contributed by atoms with van der Waals surface area (Å²) in [5.74, 6) is -1.02. The Balaban J connectivity index is 2.17. The molecule has 1 unspecified atom stereocenters. The predicted molar refractivity (Wildman–Crippen MR) is 92.1 cm³/mol. The number of oxazole rings is 1. The smallest absolute Gasteiger partial charge is 0.326 e. The van der Waals surface area contributed by atoms with Crippen molar-refractivity contribution in [2.24, 2.45) is 0 Å². The first-order chi connectivity index (χ1) is 11.2. The van der Waals surface area contributed by atoms with Gasteiger partial charge in [-0.1, -0.05) is 26.8 Å². The van der Waals surface area contributed by atoms with Crippen molar-refractivity contribution in [1.82, 2.24) is 4.98 Å². The van der Waals surface area contributed by atoms with Gasteiger partial charge in [0, 0.05) is 5.75 Å². The summed E-state index contributed by atoms with van der Waals surface area (Å²) >= 11 is 0. The van der Waals surface area contributed by atoms with Crippen molar-refractivity contribution < 1.29 is 22.7 Å². The Labute approximate surface area is 141 Å². The first kappa shape index (κ1) is 18.3. The predicted octanol–water partition coefficient (Wildman–Crippen LogP) is 2.64. The quantitative estimate of drug-likeness (QED) is 0.750. The van der Waals surface area contributed by atoms with Gasteiger partial charge in [-0.25, -0.2) is 13.2 Å². The third-order valence-corrected chi connectivity index (χ3v) is 5.57. The van der Waals surface area contributed by atoms with Crippen LogP contribution in [0.3, 0.4) is 0 Å². The van der Waals surface area contributed by atoms with Crippen molar-refractivity contribution in [3.8, 4) is 0 Å². The van der Waals surface area contributed by atoms with E-state index in [-0.39, 0.29) is 23.9 Å². The van der Waals surface area contributed by atoms with Gasteiger partial charge in [0.25, 0.3) is 6.01 Å². The lowest BCUT2D eigenvalue weighted by molar-refractivity contribution is -0.138. The van der Waals surface area contributed by atoms with Crippen molar-refractivity contribution in [2.75, 3.05) is 16.8 Å². The Hall–Kier alpha value is -2.09. The molecule has 0 aliphatic heterocycles. The topological polar surface area (TPSA) is 110 Å². The molecule has 0 aliphatic rings. The first-order valence-corrected chi connectivity index (χ1v) is 9.64. The minimum atomic E-state index is -3.23. The molecule has 0 saturated heterocycles. The molecule has 7 nitrogen and oxygen atoms in total. The fourth-order valence-electron chi connectivity index (χ4n) is 2.21. The van der Waals surface area contributed by atoms with Gasteiger partial charge >= 0.3 is 5.97 Å². The van der Waals surface area contributed by atoms with E-state index in [0.29, 0.717) is 17.0 Å². The van der Waals surface area contributed by atoms with E-state index in [1.54, 1.807) is 6.07 Å². The molecule has 0 aliphatic carbocycles. The normalized spacial score (nSPS) is 13.3. The maximum Gasteiger partial charge on any atom is 0.326 e. The Morgan fingerprint density at radius 1 is 1.38 bits per heavy atom. The van der Waals surface area contributed by atoms with E-state index in [2.05, 4.69) is 24.1 Å². The summed E-state index contributed by atoms with van der Waals surface area (Å²) in [5, 5.41) is 11.9. The number of sulfone groups is 1. The van der Waals surface area contributed by atoms with Gasteiger partial charge in [-0.05, 0) is 30.0 Å². The summed E-state index contributed by atoms with van der Waals surface area (Å²) < 4.78 is 28.6. The highest BCUT2D eigenvalue weighted by Gasteiger charge is 2.22. The van der Waals surface area contributed by atoms with Gasteiger partial charge < -0.3 is 14.8 Å². The van der Waals surface area contributed by atoms with Crippen molar-refractivity contribution in [1.29, 1.82) is 0 Å². The minimum absolute atomic E-state index is 0.0137. The number of nitrogens with zero attached hydrogens (tertiary/aromatic N) is 1. The Morgan fingerprint density at radius 2 is 2.08 bits per heavy atom. The molecule has 132 valence electrons. The number of anilines is 1. The number of aromatic nitrogens is 1. The third kappa shape index (κ3) is 4.47. The van der Waals surface area contributed by atoms with Crippen LogP contribution in [0.2, 0.25) is 0 Å². The molecule has 0 radical (unpaired) electrons. The van der Waals surface area contributed by atoms with Gasteiger partial charge in [-0.15, -0.1) is 0 Å². The van der Waals surface area contributed by atoms with Crippen molar-refractivity contribution in [2.45, 2.75) is 39.2 Å². The van der Waals surface area contributed by atoms with E-state index < -0.39 is 21.8 Å². The molecule has 2 rings (SSSR count). The summed E-state index contributed by atoms with van der Waals surface area (Å²) in [6.45, 7) is 5.66. The molecule has 1 atom stereocenters. The number of nitrogens with one attached hydrogen (secondary N) is 1. The Morgan fingerprint density at radius 3 is 2.67 bits per heavy atom. The largest absolute Gasteiger partial charge is 0.480 e. The number of carboxylic acid groups (broad SMARTS) is 1. The lowest BCUT2D eigenvalue weighted by Gasteiger charge is -2.12. The van der Waals surface area contributed by atoms with Gasteiger partial charge in [0.05, 0.1) is 5.75 Å². The summed E-state index contributed by atoms with van der Waals surface area (Å²) in [5.41, 5.74) is 2.28. The molecule has 0 amide bonds. The van der Waals surface area contributed by atoms with Crippen LogP contribution in [0, 0.1) is 0 Å². The maximum atomic E-state index is 11.6. The van der Waals surface area contributed by atoms with Crippen molar-refractivity contribution >= 4 is 32.9 Å². The van der Waals surface area contributed by atoms with Crippen LogP contribution in [0.5, 0.6) is 0 Å². The molecular formula is C16H22N2O5S. The van der Waals surface area contributed by atoms with Crippen LogP contribution in [0.4, 0.5) is 6.01 Å². The monoisotopic (exact) mass is 354 g/mol. The molecule has 0 spiro atoms. The molecule has 0 bridgehead atoms. The van der Waals surface area contributed by atoms with Crippen LogP contribution in [-0.4, -0.2) is 42.0 Å². The molecule has 0 fully saturated rings. The number of carboxylic acids is 1. The van der Waals surface area contributed by atoms with Crippen LogP contribution in [0.15, 0.2) is 22.6 Å². The number of hydrogen-bond donors (Lipinski definition) is 2. The molecule has 24 heavy (non-hydrogen) atoms. The summed E-state index contributed by atoms with van der Waals surface area (Å²) in [7, 11) is -3.23. The molecular weight excluding hydrogens is 332 g/mol. The van der Waals surface area contributed by atoms with E-state index in [1.165, 1.54) is 6.92 Å². The first-order valence-electron chi connectivity index (χ1n) is 7.82. The number of rotatable bonds is 8. The average molecular weight is 354 g/mol. The summed E-state index contributed by atoms with van der Waals surface area (Å²) in [4.78, 5) is 15.6. The molecule has 1 aromatic heterocycles. The maximum absolute atomic E-state index is 11.6. The fourth-order valence-corrected chi connectivity index (χ4v) is 3.10. The second-order valence-electron chi connectivity index (χ2n) is 5.96. The van der Waals surface area contributed by atoms with Crippen LogP contribution in [-0.2, 0) is 14.6 Å². The highest BCUT2D eigenvalue weighted by atomic mass is 32.2. The Bertz CT molecular complexity index is 826. The molecule has 1 aromatic carbocycles. The molecule has 2 aromatic rings. The second kappa shape index (κ2) is 7.21. The zero-order valence-corrected chi connectivity index (χ0v) is 14.8. The zero-order valence-electron chi connectivity index (χ0n) is 13.9. The average Bonchev–Trinajstić information content (AvgIpc) is 2.92. The van der Waals surface area contributed by atoms with Crippen LogP contribution >= 0.6 is 0 Å². The minimum Gasteiger partial charge on any atom is -0.480 e. The highest BCUT2D eigenvalue weighted by molar-refractivity contribution is 7.91. The van der Waals surface area contributed by atoms with Crippen molar-refractivity contribution in [3.05, 3.63) is 23.8 Å². The summed E-state index contributed by atoms with van der Waals surface area (Å²) in [6.07, 6.45) is -0.0541. The van der Waals surface area contributed by atoms with Crippen LogP contribution in [0.25, 0.3) is 11.1 Å². The highest BCUT2D eigenvalue weighted by Crippen LogP contribution is 2.24. The Kier molecular flexibility index (Phi) is 5.48. The van der Waals surface area contributed by atoms with E-state index in [1.807, 2.05) is 12.1 Å². The number of fused-ring (bicyclic) bond motifs is 1. The molecule has 2 N–H and O–H groups in total. The van der Waals surface area contributed by atoms with Gasteiger partial charge in [-0.3, -0.25) is 0 Å². The molecule has 1 heterocycles. The van der Waals surface area contributed by atoms with Gasteiger partial charge in [0.2, 0.25) is 0 Å². The van der Waals surface area contributed by atoms with E-state index in [0.717, 1.165) is 5.56 Å².